The molecule has 7 nitrogen and oxygen atoms in total. The molecule has 1 atom stereocenters. The van der Waals surface area contributed by atoms with Crippen LogP contribution in [-0.4, -0.2) is 32.3 Å². The topological polar surface area (TPSA) is 90.4 Å². The number of benzene rings is 2. The average molecular weight is 381 g/mol. The molecule has 146 valence electrons. The number of rotatable bonds is 7. The molecule has 0 bridgehead atoms. The van der Waals surface area contributed by atoms with E-state index in [0.29, 0.717) is 11.4 Å². The number of aromatic nitrogens is 2. The van der Waals surface area contributed by atoms with E-state index in [2.05, 4.69) is 4.98 Å². The Kier molecular flexibility index (Phi) is 5.75. The number of non-ortho nitro benzene ring substituents is 1. The SMILES string of the molecule is Cc1ccc(C)c(OCC(O)Cn2ccnc2-c2cccc([N+](=O)[O-])c2)c1C. The van der Waals surface area contributed by atoms with E-state index in [1.807, 2.05) is 32.9 Å². The first-order chi connectivity index (χ1) is 13.4. The van der Waals surface area contributed by atoms with Crippen molar-refractivity contribution >= 4 is 5.69 Å². The number of aliphatic hydroxyl groups excluding tert-OH is 1. The summed E-state index contributed by atoms with van der Waals surface area (Å²) in [6.45, 7) is 6.40. The van der Waals surface area contributed by atoms with E-state index in [0.717, 1.165) is 22.4 Å². The summed E-state index contributed by atoms with van der Waals surface area (Å²) in [4.78, 5) is 14.9. The summed E-state index contributed by atoms with van der Waals surface area (Å²) >= 11 is 0. The van der Waals surface area contributed by atoms with Gasteiger partial charge in [0, 0.05) is 30.1 Å². The Hall–Kier alpha value is -3.19. The maximum atomic E-state index is 11.0. The molecule has 1 aromatic heterocycles. The highest BCUT2D eigenvalue weighted by molar-refractivity contribution is 5.59. The fourth-order valence-corrected chi connectivity index (χ4v) is 3.08. The minimum absolute atomic E-state index is 0.00123. The number of imidazole rings is 1. The predicted molar refractivity (Wildman–Crippen MR) is 106 cm³/mol. The van der Waals surface area contributed by atoms with E-state index in [9.17, 15) is 15.2 Å². The molecule has 0 amide bonds. The van der Waals surface area contributed by atoms with Gasteiger partial charge < -0.3 is 14.4 Å². The van der Waals surface area contributed by atoms with E-state index in [-0.39, 0.29) is 18.8 Å². The normalized spacial score (nSPS) is 12.0. The lowest BCUT2D eigenvalue weighted by molar-refractivity contribution is -0.384. The molecular weight excluding hydrogens is 358 g/mol. The van der Waals surface area contributed by atoms with E-state index in [1.54, 1.807) is 29.1 Å². The third-order valence-electron chi connectivity index (χ3n) is 4.73. The summed E-state index contributed by atoms with van der Waals surface area (Å²) in [6, 6.07) is 10.3. The molecule has 0 aliphatic carbocycles. The molecule has 3 rings (SSSR count). The first kappa shape index (κ1) is 19.6. The molecule has 28 heavy (non-hydrogen) atoms. The van der Waals surface area contributed by atoms with Gasteiger partial charge in [-0.2, -0.15) is 0 Å². The molecule has 1 heterocycles. The van der Waals surface area contributed by atoms with Crippen LogP contribution in [0.25, 0.3) is 11.4 Å². The van der Waals surface area contributed by atoms with Crippen molar-refractivity contribution in [1.29, 1.82) is 0 Å². The molecule has 0 aliphatic heterocycles. The maximum absolute atomic E-state index is 11.0. The standard InChI is InChI=1S/C21H23N3O4/c1-14-7-8-15(2)20(16(14)3)28-13-19(25)12-23-10-9-22-21(23)17-5-4-6-18(11-17)24(26)27/h4-11,19,25H,12-13H2,1-3H3. The lowest BCUT2D eigenvalue weighted by Gasteiger charge is -2.18. The molecule has 0 aliphatic rings. The van der Waals surface area contributed by atoms with Crippen molar-refractivity contribution in [1.82, 2.24) is 9.55 Å². The van der Waals surface area contributed by atoms with Gasteiger partial charge in [-0.3, -0.25) is 10.1 Å². The van der Waals surface area contributed by atoms with Crippen molar-refractivity contribution in [3.63, 3.8) is 0 Å². The Labute approximate surface area is 163 Å². The summed E-state index contributed by atoms with van der Waals surface area (Å²) in [5, 5.41) is 21.5. The summed E-state index contributed by atoms with van der Waals surface area (Å²) in [6.07, 6.45) is 2.59. The first-order valence-corrected chi connectivity index (χ1v) is 9.00. The van der Waals surface area contributed by atoms with Gasteiger partial charge in [0.25, 0.3) is 5.69 Å². The highest BCUT2D eigenvalue weighted by atomic mass is 16.6. The summed E-state index contributed by atoms with van der Waals surface area (Å²) in [5.74, 6) is 1.36. The number of aryl methyl sites for hydroxylation is 2. The Morgan fingerprint density at radius 1 is 1.21 bits per heavy atom. The zero-order valence-electron chi connectivity index (χ0n) is 16.1. The second-order valence-corrected chi connectivity index (χ2v) is 6.83. The number of nitro benzene ring substituents is 1. The van der Waals surface area contributed by atoms with Gasteiger partial charge in [-0.15, -0.1) is 0 Å². The smallest absolute Gasteiger partial charge is 0.270 e. The van der Waals surface area contributed by atoms with Crippen molar-refractivity contribution in [3.8, 4) is 17.1 Å². The maximum Gasteiger partial charge on any atom is 0.270 e. The Morgan fingerprint density at radius 3 is 2.71 bits per heavy atom. The van der Waals surface area contributed by atoms with Gasteiger partial charge in [0.05, 0.1) is 11.5 Å². The second-order valence-electron chi connectivity index (χ2n) is 6.83. The fourth-order valence-electron chi connectivity index (χ4n) is 3.08. The highest BCUT2D eigenvalue weighted by Gasteiger charge is 2.15. The molecule has 7 heteroatoms. The Balaban J connectivity index is 1.72. The zero-order chi connectivity index (χ0) is 20.3. The quantitative estimate of drug-likeness (QED) is 0.496. The van der Waals surface area contributed by atoms with Crippen LogP contribution in [0.4, 0.5) is 5.69 Å². The Bertz CT molecular complexity index is 997. The summed E-state index contributed by atoms with van der Waals surface area (Å²) < 4.78 is 7.65. The van der Waals surface area contributed by atoms with Crippen LogP contribution in [-0.2, 0) is 6.54 Å². The number of ether oxygens (including phenoxy) is 1. The van der Waals surface area contributed by atoms with Crippen molar-refractivity contribution in [2.45, 2.75) is 33.4 Å². The number of nitro groups is 1. The van der Waals surface area contributed by atoms with Gasteiger partial charge in [-0.25, -0.2) is 4.98 Å². The van der Waals surface area contributed by atoms with Crippen LogP contribution >= 0.6 is 0 Å². The van der Waals surface area contributed by atoms with Crippen LogP contribution in [0.2, 0.25) is 0 Å². The highest BCUT2D eigenvalue weighted by Crippen LogP contribution is 2.26. The minimum atomic E-state index is -0.758. The van der Waals surface area contributed by atoms with Gasteiger partial charge in [0.2, 0.25) is 0 Å². The van der Waals surface area contributed by atoms with Gasteiger partial charge in [-0.05, 0) is 37.5 Å². The van der Waals surface area contributed by atoms with Crippen molar-refractivity contribution in [2.75, 3.05) is 6.61 Å². The number of hydrogen-bond acceptors (Lipinski definition) is 5. The van der Waals surface area contributed by atoms with E-state index < -0.39 is 11.0 Å². The first-order valence-electron chi connectivity index (χ1n) is 9.00. The molecular formula is C21H23N3O4. The van der Waals surface area contributed by atoms with Crippen LogP contribution in [0, 0.1) is 30.9 Å². The van der Waals surface area contributed by atoms with Gasteiger partial charge in [0.15, 0.2) is 0 Å². The van der Waals surface area contributed by atoms with Crippen LogP contribution in [0.5, 0.6) is 5.75 Å². The van der Waals surface area contributed by atoms with Crippen LogP contribution in [0.15, 0.2) is 48.8 Å². The minimum Gasteiger partial charge on any atom is -0.490 e. The van der Waals surface area contributed by atoms with Crippen LogP contribution < -0.4 is 4.74 Å². The van der Waals surface area contributed by atoms with E-state index in [4.69, 9.17) is 4.74 Å². The van der Waals surface area contributed by atoms with Gasteiger partial charge in [0.1, 0.15) is 24.3 Å². The van der Waals surface area contributed by atoms with Gasteiger partial charge >= 0.3 is 0 Å². The van der Waals surface area contributed by atoms with E-state index >= 15 is 0 Å². The van der Waals surface area contributed by atoms with E-state index in [1.165, 1.54) is 12.1 Å². The fraction of sp³-hybridized carbons (Fsp3) is 0.286. The van der Waals surface area contributed by atoms with Crippen molar-refractivity contribution in [3.05, 3.63) is 75.6 Å². The number of nitrogens with zero attached hydrogens (tertiary/aromatic N) is 3. The zero-order valence-corrected chi connectivity index (χ0v) is 16.1. The number of aliphatic hydroxyl groups is 1. The lowest BCUT2D eigenvalue weighted by atomic mass is 10.1. The Morgan fingerprint density at radius 2 is 1.96 bits per heavy atom. The molecule has 0 saturated carbocycles. The third-order valence-corrected chi connectivity index (χ3v) is 4.73. The molecule has 3 aromatic rings. The predicted octanol–water partition coefficient (Wildman–Crippen LogP) is 3.82. The number of hydrogen-bond donors (Lipinski definition) is 1. The monoisotopic (exact) mass is 381 g/mol. The molecule has 1 unspecified atom stereocenters. The third kappa shape index (κ3) is 4.20. The van der Waals surface area contributed by atoms with Gasteiger partial charge in [-0.1, -0.05) is 24.3 Å². The molecule has 0 saturated heterocycles. The molecule has 0 fully saturated rings. The van der Waals surface area contributed by atoms with Crippen molar-refractivity contribution < 1.29 is 14.8 Å². The van der Waals surface area contributed by atoms with Crippen LogP contribution in [0.3, 0.4) is 0 Å². The molecule has 1 N–H and O–H groups in total. The molecule has 0 spiro atoms. The molecule has 2 aromatic carbocycles. The largest absolute Gasteiger partial charge is 0.490 e. The van der Waals surface area contributed by atoms with Crippen molar-refractivity contribution in [2.24, 2.45) is 0 Å². The average Bonchev–Trinajstić information content (AvgIpc) is 3.13. The lowest BCUT2D eigenvalue weighted by Crippen LogP contribution is -2.24. The molecule has 0 radical (unpaired) electrons. The summed E-state index contributed by atoms with van der Waals surface area (Å²) in [5.41, 5.74) is 3.85. The second kappa shape index (κ2) is 8.22. The van der Waals surface area contributed by atoms with Crippen LogP contribution in [0.1, 0.15) is 16.7 Å². The summed E-state index contributed by atoms with van der Waals surface area (Å²) in [7, 11) is 0.